The molecule has 0 aliphatic carbocycles. The fourth-order valence-electron chi connectivity index (χ4n) is 4.05. The third-order valence-electron chi connectivity index (χ3n) is 5.68. The Hall–Kier alpha value is -2.05. The summed E-state index contributed by atoms with van der Waals surface area (Å²) in [5.41, 5.74) is 1.46. The highest BCUT2D eigenvalue weighted by atomic mass is 35.5. The normalized spacial score (nSPS) is 18.3. The molecule has 7 heteroatoms. The number of benzene rings is 2. The number of hydrogen-bond acceptors (Lipinski definition) is 3. The van der Waals surface area contributed by atoms with Gasteiger partial charge in [-0.2, -0.15) is 0 Å². The van der Waals surface area contributed by atoms with Gasteiger partial charge in [0.05, 0.1) is 11.3 Å². The minimum Gasteiger partial charge on any atom is -0.342 e. The molecule has 2 amide bonds. The van der Waals surface area contributed by atoms with Crippen LogP contribution < -0.4 is 0 Å². The predicted octanol–water partition coefficient (Wildman–Crippen LogP) is 4.23. The van der Waals surface area contributed by atoms with Crippen molar-refractivity contribution < 1.29 is 14.0 Å². The van der Waals surface area contributed by atoms with Crippen LogP contribution in [0.2, 0.25) is 5.02 Å². The molecule has 29 heavy (non-hydrogen) atoms. The van der Waals surface area contributed by atoms with Crippen molar-refractivity contribution in [1.82, 2.24) is 9.80 Å². The van der Waals surface area contributed by atoms with Crippen LogP contribution in [0.5, 0.6) is 0 Å². The number of amides is 2. The van der Waals surface area contributed by atoms with Crippen molar-refractivity contribution in [1.29, 1.82) is 0 Å². The molecule has 2 aromatic carbocycles. The summed E-state index contributed by atoms with van der Waals surface area (Å²) >= 11 is 7.76. The van der Waals surface area contributed by atoms with Crippen molar-refractivity contribution in [3.8, 4) is 0 Å². The van der Waals surface area contributed by atoms with E-state index in [9.17, 15) is 14.0 Å². The van der Waals surface area contributed by atoms with E-state index in [1.807, 2.05) is 21.6 Å². The second kappa shape index (κ2) is 8.36. The van der Waals surface area contributed by atoms with E-state index in [2.05, 4.69) is 0 Å². The summed E-state index contributed by atoms with van der Waals surface area (Å²) in [4.78, 5) is 29.3. The number of hydrogen-bond donors (Lipinski definition) is 0. The van der Waals surface area contributed by atoms with Crippen LogP contribution in [0.15, 0.2) is 48.5 Å². The van der Waals surface area contributed by atoms with Gasteiger partial charge in [-0.15, -0.1) is 11.8 Å². The number of thioether (sulfide) groups is 1. The number of rotatable bonds is 3. The molecular formula is C22H22ClFN2O2S. The Morgan fingerprint density at radius 3 is 2.31 bits per heavy atom. The van der Waals surface area contributed by atoms with Crippen molar-refractivity contribution >= 4 is 35.2 Å². The summed E-state index contributed by atoms with van der Waals surface area (Å²) < 4.78 is 13.1. The standard InChI is InChI=1S/C22H22ClFN2O2S/c23-18-5-3-17(4-6-18)21(28)26-13-14-29-22(26)9-11-25(12-10-22)20(27)15-16-1-7-19(24)8-2-16/h1-8H,9-15H2. The highest BCUT2D eigenvalue weighted by Gasteiger charge is 2.47. The van der Waals surface area contributed by atoms with E-state index in [0.29, 0.717) is 23.7 Å². The average Bonchev–Trinajstić information content (AvgIpc) is 3.13. The zero-order chi connectivity index (χ0) is 20.4. The number of nitrogens with zero attached hydrogens (tertiary/aromatic N) is 2. The van der Waals surface area contributed by atoms with Crippen LogP contribution >= 0.6 is 23.4 Å². The first-order valence-corrected chi connectivity index (χ1v) is 11.1. The van der Waals surface area contributed by atoms with Crippen LogP contribution in [-0.2, 0) is 11.2 Å². The van der Waals surface area contributed by atoms with Crippen LogP contribution in [0, 0.1) is 5.82 Å². The molecule has 2 saturated heterocycles. The largest absolute Gasteiger partial charge is 0.342 e. The summed E-state index contributed by atoms with van der Waals surface area (Å²) in [5, 5.41) is 0.611. The van der Waals surface area contributed by atoms with Crippen molar-refractivity contribution in [2.75, 3.05) is 25.4 Å². The van der Waals surface area contributed by atoms with Gasteiger partial charge in [0.1, 0.15) is 5.82 Å². The smallest absolute Gasteiger partial charge is 0.254 e. The Kier molecular flexibility index (Phi) is 5.83. The molecule has 0 saturated carbocycles. The zero-order valence-corrected chi connectivity index (χ0v) is 17.5. The van der Waals surface area contributed by atoms with Crippen molar-refractivity contribution in [3.63, 3.8) is 0 Å². The van der Waals surface area contributed by atoms with Gasteiger partial charge in [0.2, 0.25) is 5.91 Å². The number of likely N-dealkylation sites (tertiary alicyclic amines) is 1. The quantitative estimate of drug-likeness (QED) is 0.728. The fraction of sp³-hybridized carbons (Fsp3) is 0.364. The first kappa shape index (κ1) is 20.2. The van der Waals surface area contributed by atoms with E-state index in [0.717, 1.165) is 30.7 Å². The Morgan fingerprint density at radius 2 is 1.66 bits per heavy atom. The van der Waals surface area contributed by atoms with Gasteiger partial charge in [-0.1, -0.05) is 23.7 Å². The third-order valence-corrected chi connectivity index (χ3v) is 7.48. The second-order valence-corrected chi connectivity index (χ2v) is 9.34. The minimum absolute atomic E-state index is 0.0257. The number of halogens is 2. The molecule has 2 aromatic rings. The Labute approximate surface area is 179 Å². The van der Waals surface area contributed by atoms with E-state index in [1.54, 1.807) is 36.4 Å². The SMILES string of the molecule is O=C(Cc1ccc(F)cc1)N1CCC2(CC1)SCCN2C(=O)c1ccc(Cl)cc1. The Balaban J connectivity index is 1.40. The first-order chi connectivity index (χ1) is 14.0. The van der Waals surface area contributed by atoms with Crippen molar-refractivity contribution in [2.45, 2.75) is 24.1 Å². The number of carbonyl (C=O) groups is 2. The topological polar surface area (TPSA) is 40.6 Å². The zero-order valence-electron chi connectivity index (χ0n) is 15.9. The lowest BCUT2D eigenvalue weighted by atomic mass is 10.00. The monoisotopic (exact) mass is 432 g/mol. The molecule has 0 bridgehead atoms. The molecule has 0 N–H and O–H groups in total. The van der Waals surface area contributed by atoms with Crippen LogP contribution in [0.1, 0.15) is 28.8 Å². The summed E-state index contributed by atoms with van der Waals surface area (Å²) in [5.74, 6) is 0.677. The second-order valence-electron chi connectivity index (χ2n) is 7.44. The summed E-state index contributed by atoms with van der Waals surface area (Å²) in [6.07, 6.45) is 1.78. The minimum atomic E-state index is -0.301. The molecule has 152 valence electrons. The maximum Gasteiger partial charge on any atom is 0.254 e. The van der Waals surface area contributed by atoms with Crippen molar-refractivity contribution in [2.24, 2.45) is 0 Å². The third kappa shape index (κ3) is 4.28. The molecule has 0 unspecified atom stereocenters. The lowest BCUT2D eigenvalue weighted by Gasteiger charge is -2.44. The molecule has 0 atom stereocenters. The van der Waals surface area contributed by atoms with E-state index in [1.165, 1.54) is 12.1 Å². The summed E-state index contributed by atoms with van der Waals surface area (Å²) in [6.45, 7) is 1.96. The lowest BCUT2D eigenvalue weighted by Crippen LogP contribution is -2.53. The fourth-order valence-corrected chi connectivity index (χ4v) is 5.63. The molecule has 2 heterocycles. The highest BCUT2D eigenvalue weighted by Crippen LogP contribution is 2.44. The van der Waals surface area contributed by atoms with Crippen LogP contribution in [-0.4, -0.2) is 51.9 Å². The van der Waals surface area contributed by atoms with Crippen LogP contribution in [0.4, 0.5) is 4.39 Å². The number of carbonyl (C=O) groups excluding carboxylic acids is 2. The van der Waals surface area contributed by atoms with Crippen molar-refractivity contribution in [3.05, 3.63) is 70.5 Å². The molecule has 2 fully saturated rings. The van der Waals surface area contributed by atoms with E-state index in [-0.39, 0.29) is 28.9 Å². The van der Waals surface area contributed by atoms with Gasteiger partial charge in [0.15, 0.2) is 0 Å². The first-order valence-electron chi connectivity index (χ1n) is 9.71. The van der Waals surface area contributed by atoms with Gasteiger partial charge >= 0.3 is 0 Å². The van der Waals surface area contributed by atoms with Gasteiger partial charge in [-0.3, -0.25) is 9.59 Å². The molecule has 0 aromatic heterocycles. The number of piperidine rings is 1. The molecule has 2 aliphatic rings. The Bertz CT molecular complexity index is 896. The Morgan fingerprint density at radius 1 is 1.00 bits per heavy atom. The predicted molar refractivity (Wildman–Crippen MR) is 114 cm³/mol. The molecular weight excluding hydrogens is 411 g/mol. The summed E-state index contributed by atoms with van der Waals surface area (Å²) in [7, 11) is 0. The van der Waals surface area contributed by atoms with Gasteiger partial charge < -0.3 is 9.80 Å². The maximum atomic E-state index is 13.1. The molecule has 4 nitrogen and oxygen atoms in total. The molecule has 4 rings (SSSR count). The van der Waals surface area contributed by atoms with Gasteiger partial charge in [0.25, 0.3) is 5.91 Å². The average molecular weight is 433 g/mol. The maximum absolute atomic E-state index is 13.1. The lowest BCUT2D eigenvalue weighted by molar-refractivity contribution is -0.132. The van der Waals surface area contributed by atoms with E-state index in [4.69, 9.17) is 11.6 Å². The molecule has 0 radical (unpaired) electrons. The van der Waals surface area contributed by atoms with E-state index >= 15 is 0 Å². The van der Waals surface area contributed by atoms with Gasteiger partial charge in [-0.05, 0) is 54.8 Å². The highest BCUT2D eigenvalue weighted by molar-refractivity contribution is 8.00. The molecule has 1 spiro atoms. The van der Waals surface area contributed by atoms with Crippen LogP contribution in [0.3, 0.4) is 0 Å². The van der Waals surface area contributed by atoms with Crippen LogP contribution in [0.25, 0.3) is 0 Å². The molecule has 2 aliphatic heterocycles. The van der Waals surface area contributed by atoms with E-state index < -0.39 is 0 Å². The van der Waals surface area contributed by atoms with Gasteiger partial charge in [0, 0.05) is 36.0 Å². The van der Waals surface area contributed by atoms with Gasteiger partial charge in [-0.25, -0.2) is 4.39 Å². The summed E-state index contributed by atoms with van der Waals surface area (Å²) in [6, 6.07) is 13.1.